The smallest absolute Gasteiger partial charge is 0.465 e. The number of carbonyl (C=O) groups excluding carboxylic acids is 1. The fourth-order valence-corrected chi connectivity index (χ4v) is 2.77. The Balaban J connectivity index is 2.42. The van der Waals surface area contributed by atoms with Gasteiger partial charge in [-0.1, -0.05) is 23.7 Å². The number of ether oxygens (including phenoxy) is 1. The molecule has 1 aliphatic rings. The van der Waals surface area contributed by atoms with Crippen molar-refractivity contribution < 1.29 is 18.8 Å². The second kappa shape index (κ2) is 5.76. The number of hydrogen-bond donors (Lipinski definition) is 0. The van der Waals surface area contributed by atoms with Crippen LogP contribution in [0.3, 0.4) is 0 Å². The lowest BCUT2D eigenvalue weighted by atomic mass is 9.72. The number of benzene rings is 1. The van der Waals surface area contributed by atoms with Gasteiger partial charge in [0.15, 0.2) is 0 Å². The molecule has 108 valence electrons. The first-order valence-corrected chi connectivity index (χ1v) is 6.92. The Morgan fingerprint density at radius 1 is 1.50 bits per heavy atom. The lowest BCUT2D eigenvalue weighted by Gasteiger charge is -2.38. The monoisotopic (exact) mass is 296 g/mol. The van der Waals surface area contributed by atoms with Gasteiger partial charge in [-0.15, -0.1) is 0 Å². The molecule has 1 heterocycles. The molecule has 1 saturated heterocycles. The molecule has 0 spiro atoms. The van der Waals surface area contributed by atoms with Crippen LogP contribution in [0.4, 0.5) is 0 Å². The van der Waals surface area contributed by atoms with Crippen LogP contribution in [-0.2, 0) is 14.0 Å². The lowest BCUT2D eigenvalue weighted by Crippen LogP contribution is -2.53. The van der Waals surface area contributed by atoms with Crippen LogP contribution >= 0.6 is 11.6 Å². The molecular formula is C14H18BClO4. The Morgan fingerprint density at radius 3 is 2.80 bits per heavy atom. The van der Waals surface area contributed by atoms with Crippen LogP contribution in [0.15, 0.2) is 18.2 Å². The van der Waals surface area contributed by atoms with Gasteiger partial charge in [-0.3, -0.25) is 0 Å². The van der Waals surface area contributed by atoms with Crippen molar-refractivity contribution in [2.75, 3.05) is 7.11 Å². The topological polar surface area (TPSA) is 44.8 Å². The molecule has 0 aliphatic carbocycles. The Labute approximate surface area is 124 Å². The van der Waals surface area contributed by atoms with Gasteiger partial charge in [-0.2, -0.15) is 0 Å². The predicted octanol–water partition coefficient (Wildman–Crippen LogP) is 2.43. The summed E-state index contributed by atoms with van der Waals surface area (Å²) in [6.07, 6.45) is 0.825. The second-order valence-electron chi connectivity index (χ2n) is 5.56. The molecule has 4 nitrogen and oxygen atoms in total. The van der Waals surface area contributed by atoms with E-state index in [1.807, 2.05) is 20.8 Å². The third-order valence-electron chi connectivity index (χ3n) is 3.25. The second-order valence-corrected chi connectivity index (χ2v) is 5.96. The third-order valence-corrected chi connectivity index (χ3v) is 3.57. The summed E-state index contributed by atoms with van der Waals surface area (Å²) < 4.78 is 16.5. The highest BCUT2D eigenvalue weighted by molar-refractivity contribution is 6.63. The molecule has 0 saturated carbocycles. The zero-order valence-electron chi connectivity index (χ0n) is 12.1. The van der Waals surface area contributed by atoms with E-state index in [4.69, 9.17) is 25.6 Å². The van der Waals surface area contributed by atoms with Gasteiger partial charge in [0.05, 0.1) is 23.3 Å². The summed E-state index contributed by atoms with van der Waals surface area (Å²) in [5.41, 5.74) is 0.577. The van der Waals surface area contributed by atoms with E-state index in [0.29, 0.717) is 16.0 Å². The summed E-state index contributed by atoms with van der Waals surface area (Å²) in [6, 6.07) is 5.19. The standard InChI is InChI=1S/C14H18BClO4/c1-9-8-14(2,3)20-15(19-9)10-6-5-7-11(16)12(10)13(17)18-4/h5-7,9H,8H2,1-4H3. The molecule has 1 aliphatic heterocycles. The van der Waals surface area contributed by atoms with E-state index in [1.54, 1.807) is 18.2 Å². The van der Waals surface area contributed by atoms with Crippen LogP contribution in [0, 0.1) is 0 Å². The van der Waals surface area contributed by atoms with Crippen LogP contribution in [0.25, 0.3) is 0 Å². The van der Waals surface area contributed by atoms with E-state index >= 15 is 0 Å². The van der Waals surface area contributed by atoms with Crippen molar-refractivity contribution in [2.24, 2.45) is 0 Å². The van der Waals surface area contributed by atoms with Crippen molar-refractivity contribution >= 4 is 30.2 Å². The van der Waals surface area contributed by atoms with Crippen LogP contribution in [-0.4, -0.2) is 31.9 Å². The van der Waals surface area contributed by atoms with Gasteiger partial charge < -0.3 is 14.0 Å². The normalized spacial score (nSPS) is 21.6. The number of methoxy groups -OCH3 is 1. The molecule has 1 atom stereocenters. The molecule has 20 heavy (non-hydrogen) atoms. The maximum Gasteiger partial charge on any atom is 0.495 e. The van der Waals surface area contributed by atoms with Crippen molar-refractivity contribution in [1.82, 2.24) is 0 Å². The largest absolute Gasteiger partial charge is 0.495 e. The number of hydrogen-bond acceptors (Lipinski definition) is 4. The average Bonchev–Trinajstić information content (AvgIpc) is 2.35. The Kier molecular flexibility index (Phi) is 4.42. The van der Waals surface area contributed by atoms with E-state index < -0.39 is 13.1 Å². The maximum atomic E-state index is 11.9. The highest BCUT2D eigenvalue weighted by Crippen LogP contribution is 2.27. The molecule has 1 fully saturated rings. The molecule has 0 amide bonds. The van der Waals surface area contributed by atoms with Gasteiger partial charge >= 0.3 is 13.1 Å². The Morgan fingerprint density at radius 2 is 2.20 bits per heavy atom. The molecule has 0 N–H and O–H groups in total. The molecule has 1 unspecified atom stereocenters. The van der Waals surface area contributed by atoms with Crippen LogP contribution < -0.4 is 5.46 Å². The quantitative estimate of drug-likeness (QED) is 0.621. The van der Waals surface area contributed by atoms with Crippen LogP contribution in [0.2, 0.25) is 5.02 Å². The summed E-state index contributed by atoms with van der Waals surface area (Å²) >= 11 is 6.12. The predicted molar refractivity (Wildman–Crippen MR) is 78.5 cm³/mol. The number of carbonyl (C=O) groups is 1. The third kappa shape index (κ3) is 3.16. The maximum absolute atomic E-state index is 11.9. The van der Waals surface area contributed by atoms with E-state index in [9.17, 15) is 4.79 Å². The highest BCUT2D eigenvalue weighted by Gasteiger charge is 2.40. The molecule has 0 radical (unpaired) electrons. The lowest BCUT2D eigenvalue weighted by molar-refractivity contribution is -0.0231. The van der Waals surface area contributed by atoms with E-state index in [2.05, 4.69) is 0 Å². The molecule has 1 aromatic carbocycles. The SMILES string of the molecule is COC(=O)c1c(Cl)cccc1B1OC(C)CC(C)(C)O1. The van der Waals surface area contributed by atoms with E-state index in [1.165, 1.54) is 7.11 Å². The summed E-state index contributed by atoms with van der Waals surface area (Å²) in [5.74, 6) is -0.492. The highest BCUT2D eigenvalue weighted by atomic mass is 35.5. The fraction of sp³-hybridized carbons (Fsp3) is 0.500. The zero-order valence-corrected chi connectivity index (χ0v) is 12.9. The van der Waals surface area contributed by atoms with Gasteiger partial charge in [0, 0.05) is 6.10 Å². The van der Waals surface area contributed by atoms with Crippen molar-refractivity contribution in [1.29, 1.82) is 0 Å². The first-order chi connectivity index (χ1) is 9.34. The van der Waals surface area contributed by atoms with Crippen LogP contribution in [0.5, 0.6) is 0 Å². The Hall–Kier alpha value is -1.04. The first kappa shape index (κ1) is 15.4. The average molecular weight is 297 g/mol. The van der Waals surface area contributed by atoms with Gasteiger partial charge in [0.25, 0.3) is 0 Å². The summed E-state index contributed by atoms with van der Waals surface area (Å²) in [7, 11) is 0.700. The molecule has 6 heteroatoms. The minimum Gasteiger partial charge on any atom is -0.465 e. The van der Waals surface area contributed by atoms with Gasteiger partial charge in [-0.05, 0) is 38.7 Å². The summed E-state index contributed by atoms with van der Waals surface area (Å²) in [5, 5.41) is 0.331. The number of rotatable bonds is 2. The van der Waals surface area contributed by atoms with Gasteiger partial charge in [0.2, 0.25) is 0 Å². The molecule has 0 bridgehead atoms. The van der Waals surface area contributed by atoms with Crippen molar-refractivity contribution in [3.05, 3.63) is 28.8 Å². The summed E-state index contributed by atoms with van der Waals surface area (Å²) in [6.45, 7) is 5.99. The molecular weight excluding hydrogens is 278 g/mol. The Bertz CT molecular complexity index is 518. The van der Waals surface area contributed by atoms with E-state index in [0.717, 1.165) is 6.42 Å². The number of halogens is 1. The molecule has 0 aromatic heterocycles. The van der Waals surface area contributed by atoms with Crippen molar-refractivity contribution in [3.63, 3.8) is 0 Å². The molecule has 1 aromatic rings. The first-order valence-electron chi connectivity index (χ1n) is 6.54. The minimum atomic E-state index is -0.624. The zero-order chi connectivity index (χ0) is 14.9. The molecule has 2 rings (SSSR count). The van der Waals surface area contributed by atoms with Crippen LogP contribution in [0.1, 0.15) is 37.6 Å². The van der Waals surface area contributed by atoms with Gasteiger partial charge in [-0.25, -0.2) is 4.79 Å². The number of esters is 1. The fourth-order valence-electron chi connectivity index (χ4n) is 2.51. The summed E-state index contributed by atoms with van der Waals surface area (Å²) in [4.78, 5) is 11.9. The van der Waals surface area contributed by atoms with E-state index in [-0.39, 0.29) is 11.7 Å². The van der Waals surface area contributed by atoms with Crippen molar-refractivity contribution in [2.45, 2.75) is 38.9 Å². The minimum absolute atomic E-state index is 0.0354. The van der Waals surface area contributed by atoms with Gasteiger partial charge in [0.1, 0.15) is 0 Å². The van der Waals surface area contributed by atoms with Crippen molar-refractivity contribution in [3.8, 4) is 0 Å².